The number of aromatic nitrogens is 1. The Kier molecular flexibility index (Phi) is 3.67. The minimum atomic E-state index is 0.711. The van der Waals surface area contributed by atoms with Crippen molar-refractivity contribution in [1.82, 2.24) is 9.88 Å². The Morgan fingerprint density at radius 1 is 1.37 bits per heavy atom. The lowest BCUT2D eigenvalue weighted by atomic mass is 9.84. The molecule has 0 saturated carbocycles. The van der Waals surface area contributed by atoms with Gasteiger partial charge in [0.15, 0.2) is 0 Å². The highest BCUT2D eigenvalue weighted by molar-refractivity contribution is 9.10. The third kappa shape index (κ3) is 2.58. The largest absolute Gasteiger partial charge is 0.397 e. The number of halogens is 1. The summed E-state index contributed by atoms with van der Waals surface area (Å²) in [6.45, 7) is 3.45. The molecule has 2 atom stereocenters. The first kappa shape index (κ1) is 13.2. The minimum Gasteiger partial charge on any atom is -0.397 e. The third-order valence-electron chi connectivity index (χ3n) is 4.49. The summed E-state index contributed by atoms with van der Waals surface area (Å²) >= 11 is 3.59. The first-order valence-electron chi connectivity index (χ1n) is 7.01. The number of piperidine rings is 2. The van der Waals surface area contributed by atoms with Gasteiger partial charge in [-0.05, 0) is 60.8 Å². The third-order valence-corrected chi connectivity index (χ3v) is 5.07. The molecular formula is C14H21BrN4. The normalized spacial score (nSPS) is 28.2. The molecule has 0 spiro atoms. The van der Waals surface area contributed by atoms with Crippen LogP contribution in [0.25, 0.3) is 0 Å². The van der Waals surface area contributed by atoms with E-state index in [1.54, 1.807) is 6.20 Å². The Bertz CT molecular complexity index is 465. The lowest BCUT2D eigenvalue weighted by Crippen LogP contribution is -2.53. The van der Waals surface area contributed by atoms with Crippen molar-refractivity contribution >= 4 is 27.4 Å². The first-order valence-corrected chi connectivity index (χ1v) is 7.80. The molecule has 2 aliphatic rings. The first-order chi connectivity index (χ1) is 9.15. The Hall–Kier alpha value is -0.810. The van der Waals surface area contributed by atoms with Gasteiger partial charge in [0.25, 0.3) is 0 Å². The van der Waals surface area contributed by atoms with Gasteiger partial charge >= 0.3 is 0 Å². The van der Waals surface area contributed by atoms with Crippen LogP contribution in [0, 0.1) is 5.92 Å². The molecule has 2 saturated heterocycles. The predicted molar refractivity (Wildman–Crippen MR) is 82.3 cm³/mol. The molecule has 2 aliphatic heterocycles. The van der Waals surface area contributed by atoms with Gasteiger partial charge in [-0.15, -0.1) is 0 Å². The average molecular weight is 325 g/mol. The van der Waals surface area contributed by atoms with Crippen molar-refractivity contribution in [2.75, 3.05) is 37.3 Å². The molecule has 2 unspecified atom stereocenters. The molecule has 4 nitrogen and oxygen atoms in total. The second-order valence-corrected chi connectivity index (χ2v) is 6.61. The zero-order valence-electron chi connectivity index (χ0n) is 11.3. The number of hydrogen-bond acceptors (Lipinski definition) is 4. The molecule has 1 aromatic heterocycles. The molecular weight excluding hydrogens is 304 g/mol. The predicted octanol–water partition coefficient (Wildman–Crippen LogP) is 2.35. The van der Waals surface area contributed by atoms with Gasteiger partial charge in [0, 0.05) is 19.1 Å². The van der Waals surface area contributed by atoms with Crippen LogP contribution in [-0.2, 0) is 0 Å². The van der Waals surface area contributed by atoms with E-state index in [9.17, 15) is 0 Å². The van der Waals surface area contributed by atoms with Crippen LogP contribution in [0.4, 0.5) is 11.5 Å². The smallest absolute Gasteiger partial charge is 0.143 e. The van der Waals surface area contributed by atoms with Crippen molar-refractivity contribution in [2.24, 2.45) is 5.92 Å². The van der Waals surface area contributed by atoms with E-state index in [2.05, 4.69) is 37.8 Å². The van der Waals surface area contributed by atoms with Crippen LogP contribution in [0.3, 0.4) is 0 Å². The molecule has 3 heterocycles. The standard InChI is InChI=1S/C14H21BrN4/c1-18-5-2-3-10-9-19(6-4-13(10)18)14-12(15)7-11(16)8-17-14/h7-8,10,13H,2-6,9,16H2,1H3. The fraction of sp³-hybridized carbons (Fsp3) is 0.643. The van der Waals surface area contributed by atoms with E-state index in [1.165, 1.54) is 25.8 Å². The van der Waals surface area contributed by atoms with Gasteiger partial charge in [-0.1, -0.05) is 0 Å². The molecule has 2 N–H and O–H groups in total. The molecule has 19 heavy (non-hydrogen) atoms. The quantitative estimate of drug-likeness (QED) is 0.861. The topological polar surface area (TPSA) is 45.4 Å². The van der Waals surface area contributed by atoms with Crippen molar-refractivity contribution in [3.8, 4) is 0 Å². The van der Waals surface area contributed by atoms with Gasteiger partial charge in [0.1, 0.15) is 5.82 Å². The zero-order chi connectivity index (χ0) is 13.4. The number of rotatable bonds is 1. The molecule has 1 aromatic rings. The van der Waals surface area contributed by atoms with Crippen LogP contribution in [0.1, 0.15) is 19.3 Å². The van der Waals surface area contributed by atoms with Crippen molar-refractivity contribution < 1.29 is 0 Å². The van der Waals surface area contributed by atoms with E-state index in [1.807, 2.05) is 6.07 Å². The van der Waals surface area contributed by atoms with Crippen LogP contribution in [0.5, 0.6) is 0 Å². The summed E-state index contributed by atoms with van der Waals surface area (Å²) in [5.74, 6) is 1.82. The molecule has 5 heteroatoms. The van der Waals surface area contributed by atoms with E-state index in [0.717, 1.165) is 35.3 Å². The molecule has 0 aromatic carbocycles. The van der Waals surface area contributed by atoms with Gasteiger partial charge in [0.05, 0.1) is 16.4 Å². The monoisotopic (exact) mass is 324 g/mol. The fourth-order valence-corrected chi connectivity index (χ4v) is 4.14. The number of nitrogens with two attached hydrogens (primary N) is 1. The van der Waals surface area contributed by atoms with E-state index >= 15 is 0 Å². The Morgan fingerprint density at radius 2 is 2.21 bits per heavy atom. The molecule has 0 bridgehead atoms. The fourth-order valence-electron chi connectivity index (χ4n) is 3.52. The van der Waals surface area contributed by atoms with E-state index in [4.69, 9.17) is 5.73 Å². The van der Waals surface area contributed by atoms with Crippen LogP contribution in [0.2, 0.25) is 0 Å². The summed E-state index contributed by atoms with van der Waals surface area (Å²) < 4.78 is 1.01. The highest BCUT2D eigenvalue weighted by atomic mass is 79.9. The average Bonchev–Trinajstić information content (AvgIpc) is 2.38. The summed E-state index contributed by atoms with van der Waals surface area (Å²) in [5.41, 5.74) is 6.47. The molecule has 0 radical (unpaired) electrons. The highest BCUT2D eigenvalue weighted by Gasteiger charge is 2.34. The summed E-state index contributed by atoms with van der Waals surface area (Å²) in [6.07, 6.45) is 5.65. The van der Waals surface area contributed by atoms with E-state index in [-0.39, 0.29) is 0 Å². The van der Waals surface area contributed by atoms with Crippen molar-refractivity contribution in [3.05, 3.63) is 16.7 Å². The van der Waals surface area contributed by atoms with Gasteiger partial charge in [-0.3, -0.25) is 0 Å². The van der Waals surface area contributed by atoms with Crippen LogP contribution in [-0.4, -0.2) is 42.6 Å². The summed E-state index contributed by atoms with van der Waals surface area (Å²) in [5, 5.41) is 0. The summed E-state index contributed by atoms with van der Waals surface area (Å²) in [6, 6.07) is 2.71. The maximum absolute atomic E-state index is 5.76. The number of nitrogens with zero attached hydrogens (tertiary/aromatic N) is 3. The lowest BCUT2D eigenvalue weighted by Gasteiger charge is -2.46. The molecule has 0 amide bonds. The molecule has 104 valence electrons. The second kappa shape index (κ2) is 5.29. The second-order valence-electron chi connectivity index (χ2n) is 5.76. The number of pyridine rings is 1. The Labute approximate surface area is 123 Å². The zero-order valence-corrected chi connectivity index (χ0v) is 12.9. The Balaban J connectivity index is 1.77. The van der Waals surface area contributed by atoms with Crippen molar-refractivity contribution in [3.63, 3.8) is 0 Å². The lowest BCUT2D eigenvalue weighted by molar-refractivity contribution is 0.102. The van der Waals surface area contributed by atoms with Gasteiger partial charge < -0.3 is 15.5 Å². The van der Waals surface area contributed by atoms with Crippen LogP contribution < -0.4 is 10.6 Å². The minimum absolute atomic E-state index is 0.711. The highest BCUT2D eigenvalue weighted by Crippen LogP contribution is 2.34. The maximum Gasteiger partial charge on any atom is 0.143 e. The maximum atomic E-state index is 5.76. The Morgan fingerprint density at radius 3 is 3.00 bits per heavy atom. The number of fused-ring (bicyclic) bond motifs is 1. The molecule has 2 fully saturated rings. The van der Waals surface area contributed by atoms with Crippen molar-refractivity contribution in [1.29, 1.82) is 0 Å². The summed E-state index contributed by atoms with van der Waals surface area (Å²) in [4.78, 5) is 9.44. The number of likely N-dealkylation sites (tertiary alicyclic amines) is 1. The van der Waals surface area contributed by atoms with Crippen LogP contribution in [0.15, 0.2) is 16.7 Å². The number of nitrogen functional groups attached to an aromatic ring is 1. The SMILES string of the molecule is CN1CCCC2CN(c3ncc(N)cc3Br)CCC21. The van der Waals surface area contributed by atoms with Gasteiger partial charge in [-0.2, -0.15) is 0 Å². The number of anilines is 2. The molecule has 0 aliphatic carbocycles. The van der Waals surface area contributed by atoms with Gasteiger partial charge in [0.2, 0.25) is 0 Å². The van der Waals surface area contributed by atoms with Crippen LogP contribution >= 0.6 is 15.9 Å². The molecule has 3 rings (SSSR count). The van der Waals surface area contributed by atoms with Gasteiger partial charge in [-0.25, -0.2) is 4.98 Å². The van der Waals surface area contributed by atoms with Crippen molar-refractivity contribution in [2.45, 2.75) is 25.3 Å². The number of hydrogen-bond donors (Lipinski definition) is 1. The van der Waals surface area contributed by atoms with E-state index < -0.39 is 0 Å². The summed E-state index contributed by atoms with van der Waals surface area (Å²) in [7, 11) is 2.27. The van der Waals surface area contributed by atoms with E-state index in [0.29, 0.717) is 5.69 Å².